The van der Waals surface area contributed by atoms with E-state index in [1.54, 1.807) is 0 Å². The number of carbonyl (C=O) groups excluding carboxylic acids is 1. The van der Waals surface area contributed by atoms with E-state index < -0.39 is 42.1 Å². The van der Waals surface area contributed by atoms with E-state index in [1.165, 1.54) is 30.6 Å². The van der Waals surface area contributed by atoms with Gasteiger partial charge in [-0.25, -0.2) is 0 Å². The van der Waals surface area contributed by atoms with E-state index in [-0.39, 0.29) is 49.2 Å². The van der Waals surface area contributed by atoms with Crippen LogP contribution < -0.4 is 34.7 Å². The fraction of sp³-hybridized carbons (Fsp3) is 0.824. The van der Waals surface area contributed by atoms with Gasteiger partial charge in [0.15, 0.2) is 0 Å². The van der Waals surface area contributed by atoms with Gasteiger partial charge < -0.3 is 25.2 Å². The third-order valence-corrected chi connectivity index (χ3v) is 4.58. The van der Waals surface area contributed by atoms with Crippen LogP contribution in [0.25, 0.3) is 0 Å². The molecule has 0 fully saturated rings. The summed E-state index contributed by atoms with van der Waals surface area (Å²) in [6.45, 7) is 6.37. The van der Waals surface area contributed by atoms with E-state index in [0.717, 1.165) is 12.8 Å². The zero-order valence-corrected chi connectivity index (χ0v) is 18.9. The van der Waals surface area contributed by atoms with Crippen molar-refractivity contribution in [1.29, 1.82) is 0 Å². The predicted molar refractivity (Wildman–Crippen MR) is 92.5 cm³/mol. The van der Waals surface area contributed by atoms with Crippen LogP contribution in [0, 0.1) is 0 Å². The van der Waals surface area contributed by atoms with Crippen LogP contribution in [-0.4, -0.2) is 86.9 Å². The van der Waals surface area contributed by atoms with Gasteiger partial charge in [0, 0.05) is 25.7 Å². The second kappa shape index (κ2) is 14.3. The number of hydrogen-bond donors (Lipinski definition) is 3. The molecule has 0 aromatic heterocycles. The van der Waals surface area contributed by atoms with E-state index in [4.69, 9.17) is 0 Å². The molecule has 152 valence electrons. The van der Waals surface area contributed by atoms with Crippen LogP contribution in [0.15, 0.2) is 0 Å². The first-order chi connectivity index (χ1) is 12.0. The van der Waals surface area contributed by atoms with E-state index in [2.05, 4.69) is 0 Å². The van der Waals surface area contributed by atoms with Gasteiger partial charge >= 0.3 is 41.5 Å². The Morgan fingerprint density at radius 2 is 1.44 bits per heavy atom. The zero-order valence-electron chi connectivity index (χ0n) is 16.9. The average molecular weight is 398 g/mol. The summed E-state index contributed by atoms with van der Waals surface area (Å²) < 4.78 is 0. The number of unbranched alkanes of at least 4 members (excludes halogenated alkanes) is 1. The summed E-state index contributed by atoms with van der Waals surface area (Å²) >= 11 is 0. The van der Waals surface area contributed by atoms with Crippen molar-refractivity contribution in [1.82, 2.24) is 9.80 Å². The van der Waals surface area contributed by atoms with Crippen LogP contribution in [0.1, 0.15) is 47.0 Å². The molecular weight excluding hydrogens is 367 g/mol. The molecule has 0 rings (SSSR count). The Hall–Kier alpha value is -0.710. The van der Waals surface area contributed by atoms with Gasteiger partial charge in [0.25, 0.3) is 0 Å². The maximum Gasteiger partial charge on any atom is 1.00 e. The molecule has 10 heteroatoms. The Morgan fingerprint density at radius 1 is 0.963 bits per heavy atom. The fourth-order valence-corrected chi connectivity index (χ4v) is 2.64. The summed E-state index contributed by atoms with van der Waals surface area (Å²) in [5.74, 6) is -3.64. The third kappa shape index (κ3) is 10.4. The Kier molecular flexibility index (Phi) is 15.1. The van der Waals surface area contributed by atoms with Crippen LogP contribution in [0.3, 0.4) is 0 Å². The molecule has 0 aromatic carbocycles. The van der Waals surface area contributed by atoms with Crippen LogP contribution >= 0.6 is 0 Å². The van der Waals surface area contributed by atoms with Gasteiger partial charge in [-0.2, -0.15) is 0 Å². The van der Waals surface area contributed by atoms with Crippen LogP contribution in [-0.2, 0) is 14.4 Å². The molecule has 3 N–H and O–H groups in total. The molecule has 0 bridgehead atoms. The molecule has 0 aliphatic carbocycles. The van der Waals surface area contributed by atoms with E-state index in [1.807, 2.05) is 6.92 Å². The molecular formula is C17H31N2NaO7. The van der Waals surface area contributed by atoms with Crippen molar-refractivity contribution in [3.05, 3.63) is 0 Å². The number of aliphatic hydroxyl groups is 1. The third-order valence-electron chi connectivity index (χ3n) is 4.58. The molecule has 0 saturated heterocycles. The molecule has 9 nitrogen and oxygen atoms in total. The van der Waals surface area contributed by atoms with Gasteiger partial charge in [0.05, 0.1) is 12.1 Å². The summed E-state index contributed by atoms with van der Waals surface area (Å²) in [6.07, 6.45) is 1.49. The molecule has 0 heterocycles. The second-order valence-electron chi connectivity index (χ2n) is 6.55. The van der Waals surface area contributed by atoms with Gasteiger partial charge in [-0.15, -0.1) is 0 Å². The molecule has 0 saturated carbocycles. The van der Waals surface area contributed by atoms with Crippen LogP contribution in [0.5, 0.6) is 0 Å². The molecule has 0 aromatic rings. The van der Waals surface area contributed by atoms with Gasteiger partial charge in [-0.1, -0.05) is 19.8 Å². The first kappa shape index (κ1) is 28.5. The number of carbonyl (C=O) groups is 3. The molecule has 0 spiro atoms. The monoisotopic (exact) mass is 398 g/mol. The number of rotatable bonds is 14. The number of carboxylic acids is 3. The molecule has 0 radical (unpaired) electrons. The van der Waals surface area contributed by atoms with Crippen molar-refractivity contribution in [2.24, 2.45) is 0 Å². The minimum atomic E-state index is -1.31. The van der Waals surface area contributed by atoms with Gasteiger partial charge in [-0.3, -0.25) is 19.4 Å². The molecule has 0 aliphatic rings. The number of aliphatic carboxylic acids is 3. The summed E-state index contributed by atoms with van der Waals surface area (Å²) in [7, 11) is 0. The Labute approximate surface area is 182 Å². The summed E-state index contributed by atoms with van der Waals surface area (Å²) in [4.78, 5) is 36.5. The minimum absolute atomic E-state index is 0. The molecule has 0 aliphatic heterocycles. The number of carboxylic acid groups (broad SMARTS) is 3. The van der Waals surface area contributed by atoms with E-state index >= 15 is 0 Å². The van der Waals surface area contributed by atoms with Gasteiger partial charge in [-0.05, 0) is 27.2 Å². The minimum Gasteiger partial charge on any atom is -0.548 e. The smallest absolute Gasteiger partial charge is 0.548 e. The van der Waals surface area contributed by atoms with Crippen molar-refractivity contribution in [2.45, 2.75) is 71.2 Å². The van der Waals surface area contributed by atoms with Gasteiger partial charge in [0.1, 0.15) is 12.1 Å². The molecule has 0 amide bonds. The first-order valence-electron chi connectivity index (χ1n) is 8.87. The largest absolute Gasteiger partial charge is 1.00 e. The Balaban J connectivity index is 0. The van der Waals surface area contributed by atoms with Crippen molar-refractivity contribution in [3.63, 3.8) is 0 Å². The zero-order chi connectivity index (χ0) is 20.4. The maximum atomic E-state index is 11.3. The van der Waals surface area contributed by atoms with Crippen molar-refractivity contribution >= 4 is 17.9 Å². The van der Waals surface area contributed by atoms with Crippen LogP contribution in [0.4, 0.5) is 0 Å². The number of hydrogen-bond acceptors (Lipinski definition) is 7. The number of aliphatic hydroxyl groups excluding tert-OH is 1. The van der Waals surface area contributed by atoms with E-state index in [0.29, 0.717) is 6.42 Å². The number of nitrogens with zero attached hydrogens (tertiary/aromatic N) is 2. The van der Waals surface area contributed by atoms with Crippen LogP contribution in [0.2, 0.25) is 0 Å². The molecule has 4 unspecified atom stereocenters. The summed E-state index contributed by atoms with van der Waals surface area (Å²) in [5.41, 5.74) is 0. The van der Waals surface area contributed by atoms with Crippen molar-refractivity contribution in [2.75, 3.05) is 19.6 Å². The quantitative estimate of drug-likeness (QED) is 0.251. The fourth-order valence-electron chi connectivity index (χ4n) is 2.64. The van der Waals surface area contributed by atoms with E-state index in [9.17, 15) is 34.8 Å². The molecule has 27 heavy (non-hydrogen) atoms. The Bertz CT molecular complexity index is 458. The van der Waals surface area contributed by atoms with Crippen molar-refractivity contribution in [3.8, 4) is 0 Å². The van der Waals surface area contributed by atoms with Crippen molar-refractivity contribution < 1.29 is 64.4 Å². The topological polar surface area (TPSA) is 141 Å². The summed E-state index contributed by atoms with van der Waals surface area (Å²) in [6, 6.07) is -3.09. The average Bonchev–Trinajstić information content (AvgIpc) is 2.57. The standard InChI is InChI=1S/C17H32N2O7.Na/c1-5-6-7-14(20)10-18(11(2)15(21)22)8-9-19(12(3)16(23)24)13(4)17(25)26;/h11-14,20H,5-10H2,1-4H3,(H,21,22)(H,23,24)(H,25,26);/q;+1/p-1. The predicted octanol–water partition coefficient (Wildman–Crippen LogP) is -3.77. The SMILES string of the molecule is CCCCC(O)CN(CCN(C(C)C(=O)O)C(C)C(=O)O)C(C)C(=O)[O-].[Na+]. The first-order valence-corrected chi connectivity index (χ1v) is 8.87. The maximum absolute atomic E-state index is 11.3. The second-order valence-corrected chi connectivity index (χ2v) is 6.55. The Morgan fingerprint density at radius 3 is 1.81 bits per heavy atom. The molecule has 4 atom stereocenters. The van der Waals surface area contributed by atoms with Gasteiger partial charge in [0.2, 0.25) is 0 Å². The normalized spacial score (nSPS) is 15.7. The summed E-state index contributed by atoms with van der Waals surface area (Å²) in [5, 5.41) is 39.7.